The molecule has 5 N–H and O–H groups in total. The van der Waals surface area contributed by atoms with Crippen LogP contribution in [0.5, 0.6) is 5.75 Å². The summed E-state index contributed by atoms with van der Waals surface area (Å²) in [7, 11) is 0. The van der Waals surface area contributed by atoms with Crippen LogP contribution in [-0.4, -0.2) is 52.4 Å². The fourth-order valence-electron chi connectivity index (χ4n) is 3.02. The molecule has 0 radical (unpaired) electrons. The van der Waals surface area contributed by atoms with E-state index in [2.05, 4.69) is 15.6 Å². The van der Waals surface area contributed by atoms with Crippen LogP contribution in [0.3, 0.4) is 0 Å². The molecular formula is C21H18F4N4O6S. The topological polar surface area (TPSA) is 150 Å². The number of aliphatic hydroxyl groups is 1. The van der Waals surface area contributed by atoms with E-state index in [1.54, 1.807) is 0 Å². The number of carbonyl (C=O) groups excluding carboxylic acids is 2. The highest BCUT2D eigenvalue weighted by atomic mass is 32.1. The fourth-order valence-corrected chi connectivity index (χ4v) is 3.93. The van der Waals surface area contributed by atoms with Gasteiger partial charge in [0.1, 0.15) is 17.1 Å². The first-order valence-electron chi connectivity index (χ1n) is 10.1. The van der Waals surface area contributed by atoms with Gasteiger partial charge in [-0.25, -0.2) is 19.0 Å². The van der Waals surface area contributed by atoms with Crippen LogP contribution in [0.4, 0.5) is 33.2 Å². The largest absolute Gasteiger partial charge is 0.480 e. The fraction of sp³-hybridized carbons (Fsp3) is 0.238. The molecule has 0 aliphatic carbocycles. The van der Waals surface area contributed by atoms with Crippen LogP contribution in [0, 0.1) is 5.82 Å². The summed E-state index contributed by atoms with van der Waals surface area (Å²) >= 11 is 0.672. The van der Waals surface area contributed by atoms with Gasteiger partial charge in [0.15, 0.2) is 11.7 Å². The first kappa shape index (κ1) is 26.6. The Morgan fingerprint density at radius 2 is 1.78 bits per heavy atom. The number of hydrogen-bond acceptors (Lipinski definition) is 7. The average Bonchev–Trinajstić information content (AvgIpc) is 3.19. The van der Waals surface area contributed by atoms with E-state index < -0.39 is 53.4 Å². The molecular weight excluding hydrogens is 512 g/mol. The number of alkyl halides is 3. The lowest BCUT2D eigenvalue weighted by Crippen LogP contribution is -2.54. The van der Waals surface area contributed by atoms with Crippen molar-refractivity contribution in [3.8, 4) is 5.75 Å². The molecule has 10 nitrogen and oxygen atoms in total. The van der Waals surface area contributed by atoms with E-state index in [1.165, 1.54) is 19.1 Å². The van der Waals surface area contributed by atoms with Gasteiger partial charge in [0, 0.05) is 17.8 Å². The van der Waals surface area contributed by atoms with Crippen molar-refractivity contribution in [3.63, 3.8) is 0 Å². The van der Waals surface area contributed by atoms with Crippen LogP contribution in [-0.2, 0) is 15.2 Å². The van der Waals surface area contributed by atoms with Crippen molar-refractivity contribution in [2.75, 3.05) is 23.8 Å². The number of nitrogens with one attached hydrogen (secondary N) is 3. The lowest BCUT2D eigenvalue weighted by molar-refractivity contribution is -0.256. The van der Waals surface area contributed by atoms with E-state index in [0.717, 1.165) is 18.2 Å². The molecule has 1 atom stereocenters. The number of aliphatic carboxylic acids is 1. The number of ether oxygens (including phenoxy) is 1. The number of carboxylic acid groups (broad SMARTS) is 1. The SMILES string of the molecule is CCNC(=O)C(O)(c1cc(OCC(=O)O)c2nc(NC(=O)Nc3ccc(F)cc3)sc2c1)C(F)(F)F. The van der Waals surface area contributed by atoms with Crippen molar-refractivity contribution >= 4 is 50.3 Å². The predicted molar refractivity (Wildman–Crippen MR) is 120 cm³/mol. The van der Waals surface area contributed by atoms with Gasteiger partial charge in [-0.15, -0.1) is 0 Å². The Balaban J connectivity index is 2.03. The van der Waals surface area contributed by atoms with Gasteiger partial charge >= 0.3 is 18.2 Å². The lowest BCUT2D eigenvalue weighted by Gasteiger charge is -2.29. The van der Waals surface area contributed by atoms with Crippen LogP contribution < -0.4 is 20.7 Å². The number of likely N-dealkylation sites (N-methyl/N-ethyl adjacent to an activating group) is 1. The van der Waals surface area contributed by atoms with Gasteiger partial charge in [0.2, 0.25) is 0 Å². The van der Waals surface area contributed by atoms with Crippen molar-refractivity contribution in [3.05, 3.63) is 47.8 Å². The van der Waals surface area contributed by atoms with Gasteiger partial charge < -0.3 is 25.6 Å². The van der Waals surface area contributed by atoms with Crippen molar-refractivity contribution in [1.82, 2.24) is 10.3 Å². The molecule has 1 unspecified atom stereocenters. The minimum absolute atomic E-state index is 0.0584. The molecule has 0 fully saturated rings. The molecule has 15 heteroatoms. The smallest absolute Gasteiger partial charge is 0.430 e. The van der Waals surface area contributed by atoms with Crippen molar-refractivity contribution in [2.45, 2.75) is 18.7 Å². The number of halogens is 4. The Morgan fingerprint density at radius 1 is 1.11 bits per heavy atom. The van der Waals surface area contributed by atoms with Gasteiger partial charge in [-0.2, -0.15) is 13.2 Å². The molecule has 0 saturated carbocycles. The second kappa shape index (κ2) is 10.3. The molecule has 3 amide bonds. The molecule has 36 heavy (non-hydrogen) atoms. The van der Waals surface area contributed by atoms with Gasteiger partial charge in [-0.05, 0) is 43.3 Å². The van der Waals surface area contributed by atoms with E-state index in [1.807, 2.05) is 5.32 Å². The molecule has 3 rings (SSSR count). The molecule has 0 saturated heterocycles. The quantitative estimate of drug-likeness (QED) is 0.280. The summed E-state index contributed by atoms with van der Waals surface area (Å²) in [5.74, 6) is -4.19. The highest BCUT2D eigenvalue weighted by Gasteiger charge is 2.61. The molecule has 0 aliphatic heterocycles. The molecule has 3 aromatic rings. The van der Waals surface area contributed by atoms with Crippen LogP contribution in [0.25, 0.3) is 10.2 Å². The standard InChI is InChI=1S/C21H18F4N4O6S/c1-2-26-17(32)20(34,21(23,24)25)10-7-13(35-9-15(30)31)16-14(8-10)36-19(28-16)29-18(33)27-12-5-3-11(22)4-6-12/h3-8,34H,2,9H2,1H3,(H,26,32)(H,30,31)(H2,27,28,29,33). The second-order valence-corrected chi connectivity index (χ2v) is 8.21. The van der Waals surface area contributed by atoms with Gasteiger partial charge in [-0.3, -0.25) is 10.1 Å². The molecule has 1 aromatic heterocycles. The van der Waals surface area contributed by atoms with Gasteiger partial charge in [0.05, 0.1) is 4.70 Å². The number of anilines is 2. The zero-order valence-electron chi connectivity index (χ0n) is 18.3. The molecule has 1 heterocycles. The second-order valence-electron chi connectivity index (χ2n) is 7.18. The molecule has 0 spiro atoms. The third kappa shape index (κ3) is 5.63. The molecule has 192 valence electrons. The van der Waals surface area contributed by atoms with Gasteiger partial charge in [-0.1, -0.05) is 11.3 Å². The van der Waals surface area contributed by atoms with Gasteiger partial charge in [0.25, 0.3) is 11.5 Å². The third-order valence-corrected chi connectivity index (χ3v) is 5.55. The normalized spacial score (nSPS) is 13.1. The Labute approximate surface area is 203 Å². The number of fused-ring (bicyclic) bond motifs is 1. The van der Waals surface area contributed by atoms with E-state index >= 15 is 0 Å². The summed E-state index contributed by atoms with van der Waals surface area (Å²) in [5, 5.41) is 25.9. The van der Waals surface area contributed by atoms with Crippen molar-refractivity contribution in [2.24, 2.45) is 0 Å². The van der Waals surface area contributed by atoms with E-state index in [0.29, 0.717) is 17.4 Å². The number of hydrogen-bond donors (Lipinski definition) is 5. The highest BCUT2D eigenvalue weighted by molar-refractivity contribution is 7.22. The molecule has 0 aliphatic rings. The van der Waals surface area contributed by atoms with E-state index in [4.69, 9.17) is 9.84 Å². The first-order valence-corrected chi connectivity index (χ1v) is 10.9. The number of amides is 3. The minimum Gasteiger partial charge on any atom is -0.480 e. The van der Waals surface area contributed by atoms with Crippen LogP contribution in [0.1, 0.15) is 12.5 Å². The maximum Gasteiger partial charge on any atom is 0.430 e. The number of carboxylic acids is 1. The summed E-state index contributed by atoms with van der Waals surface area (Å²) in [5.41, 5.74) is -4.82. The highest BCUT2D eigenvalue weighted by Crippen LogP contribution is 2.43. The van der Waals surface area contributed by atoms with Crippen LogP contribution in [0.2, 0.25) is 0 Å². The Kier molecular flexibility index (Phi) is 7.64. The van der Waals surface area contributed by atoms with Crippen molar-refractivity contribution < 1.29 is 46.9 Å². The Morgan fingerprint density at radius 3 is 2.36 bits per heavy atom. The first-order chi connectivity index (χ1) is 16.8. The lowest BCUT2D eigenvalue weighted by atomic mass is 9.91. The summed E-state index contributed by atoms with van der Waals surface area (Å²) in [6, 6.07) is 5.48. The molecule has 0 bridgehead atoms. The maximum atomic E-state index is 13.9. The number of rotatable bonds is 8. The molecule has 2 aromatic carbocycles. The zero-order valence-corrected chi connectivity index (χ0v) is 19.1. The number of thiazole rings is 1. The minimum atomic E-state index is -5.45. The number of carbonyl (C=O) groups is 3. The maximum absolute atomic E-state index is 13.9. The Bertz CT molecular complexity index is 1300. The number of benzene rings is 2. The Hall–Kier alpha value is -3.98. The number of nitrogens with zero attached hydrogens (tertiary/aromatic N) is 1. The summed E-state index contributed by atoms with van der Waals surface area (Å²) in [6.07, 6.45) is -5.45. The number of aromatic nitrogens is 1. The van der Waals surface area contributed by atoms with Crippen LogP contribution >= 0.6 is 11.3 Å². The summed E-state index contributed by atoms with van der Waals surface area (Å²) in [6.45, 7) is 0.187. The summed E-state index contributed by atoms with van der Waals surface area (Å²) < 4.78 is 59.6. The average molecular weight is 530 g/mol. The van der Waals surface area contributed by atoms with Crippen LogP contribution in [0.15, 0.2) is 36.4 Å². The zero-order chi connectivity index (χ0) is 26.7. The van der Waals surface area contributed by atoms with Crippen molar-refractivity contribution in [1.29, 1.82) is 0 Å². The third-order valence-electron chi connectivity index (χ3n) is 4.63. The van der Waals surface area contributed by atoms with E-state index in [-0.39, 0.29) is 27.6 Å². The monoisotopic (exact) mass is 530 g/mol. The summed E-state index contributed by atoms with van der Waals surface area (Å²) in [4.78, 5) is 39.5. The van der Waals surface area contributed by atoms with E-state index in [9.17, 15) is 37.1 Å². The predicted octanol–water partition coefficient (Wildman–Crippen LogP) is 3.43. The number of urea groups is 1.